The Morgan fingerprint density at radius 3 is 2.53 bits per heavy atom. The van der Waals surface area contributed by atoms with Crippen molar-refractivity contribution >= 4 is 35.0 Å². The molecule has 2 aromatic carbocycles. The zero-order chi connectivity index (χ0) is 25.7. The quantitative estimate of drug-likeness (QED) is 0.260. The second-order valence-corrected chi connectivity index (χ2v) is 9.26. The molecule has 36 heavy (non-hydrogen) atoms. The zero-order valence-corrected chi connectivity index (χ0v) is 20.2. The van der Waals surface area contributed by atoms with Gasteiger partial charge in [0.05, 0.1) is 6.04 Å². The third-order valence-electron chi connectivity index (χ3n) is 5.74. The molecule has 0 unspecified atom stereocenters. The third kappa shape index (κ3) is 6.15. The summed E-state index contributed by atoms with van der Waals surface area (Å²) in [5, 5.41) is 13.8. The van der Waals surface area contributed by atoms with Crippen LogP contribution >= 0.6 is 11.3 Å². The Labute approximate surface area is 211 Å². The van der Waals surface area contributed by atoms with E-state index in [2.05, 4.69) is 28.3 Å². The van der Waals surface area contributed by atoms with Gasteiger partial charge in [-0.1, -0.05) is 42.5 Å². The number of benzene rings is 2. The number of ether oxygens (including phenoxy) is 1. The van der Waals surface area contributed by atoms with Crippen LogP contribution in [-0.4, -0.2) is 41.0 Å². The van der Waals surface area contributed by atoms with Crippen LogP contribution in [0.2, 0.25) is 0 Å². The summed E-state index contributed by atoms with van der Waals surface area (Å²) in [6, 6.07) is 18.9. The first-order chi connectivity index (χ1) is 17.3. The van der Waals surface area contributed by atoms with Gasteiger partial charge in [-0.2, -0.15) is 0 Å². The maximum Gasteiger partial charge on any atom is 0.336 e. The predicted molar refractivity (Wildman–Crippen MR) is 133 cm³/mol. The lowest BCUT2D eigenvalue weighted by Gasteiger charge is -2.17. The number of hydrazine groups is 1. The highest BCUT2D eigenvalue weighted by Gasteiger charge is 2.50. The summed E-state index contributed by atoms with van der Waals surface area (Å²) in [6.07, 6.45) is -2.02. The maximum absolute atomic E-state index is 13.1. The summed E-state index contributed by atoms with van der Waals surface area (Å²) in [6.45, 7) is 1.92. The Bertz CT molecular complexity index is 1280. The minimum Gasteiger partial charge on any atom is -0.479 e. The topological polar surface area (TPSA) is 137 Å². The molecule has 1 aliphatic rings. The lowest BCUT2D eigenvalue weighted by Crippen LogP contribution is -2.44. The largest absolute Gasteiger partial charge is 0.479 e. The highest BCUT2D eigenvalue weighted by Crippen LogP contribution is 2.27. The number of aliphatic carboxylic acids is 1. The van der Waals surface area contributed by atoms with Crippen LogP contribution in [0.4, 0.5) is 0 Å². The first-order valence-corrected chi connectivity index (χ1v) is 12.2. The lowest BCUT2D eigenvalue weighted by atomic mass is 10.0. The van der Waals surface area contributed by atoms with Crippen molar-refractivity contribution in [3.05, 3.63) is 82.7 Å². The first kappa shape index (κ1) is 25.1. The van der Waals surface area contributed by atoms with Gasteiger partial charge in [0.15, 0.2) is 12.2 Å². The number of thiophene rings is 1. The first-order valence-electron chi connectivity index (χ1n) is 11.3. The molecule has 1 fully saturated rings. The Morgan fingerprint density at radius 1 is 1.00 bits per heavy atom. The van der Waals surface area contributed by atoms with Crippen LogP contribution in [-0.2, 0) is 25.5 Å². The van der Waals surface area contributed by atoms with Gasteiger partial charge in [0, 0.05) is 16.9 Å². The van der Waals surface area contributed by atoms with E-state index < -0.39 is 30.0 Å². The van der Waals surface area contributed by atoms with E-state index in [9.17, 15) is 19.2 Å². The van der Waals surface area contributed by atoms with Gasteiger partial charge < -0.3 is 15.2 Å². The minimum atomic E-state index is -1.24. The van der Waals surface area contributed by atoms with Crippen LogP contribution in [0, 0.1) is 0 Å². The SMILES string of the molecule is C[C@@H](NC(=O)c1ccccc1CCC(=O)NNC(=O)[C@@H]1O[C@H]1C(=O)O)c1cccc(-c2cccs2)c1. The van der Waals surface area contributed by atoms with Crippen molar-refractivity contribution in [2.24, 2.45) is 0 Å². The van der Waals surface area contributed by atoms with Crippen molar-refractivity contribution in [2.45, 2.75) is 38.0 Å². The maximum atomic E-state index is 13.1. The van der Waals surface area contributed by atoms with Gasteiger partial charge in [-0.3, -0.25) is 25.2 Å². The van der Waals surface area contributed by atoms with E-state index in [4.69, 9.17) is 9.84 Å². The Balaban J connectivity index is 1.32. The van der Waals surface area contributed by atoms with Crippen LogP contribution in [0.25, 0.3) is 10.4 Å². The van der Waals surface area contributed by atoms with E-state index >= 15 is 0 Å². The standard InChI is InChI=1S/C26H25N3O6S/c1-15(17-7-4-8-18(14-17)20-10-5-13-36-20)27-24(31)19-9-3-2-6-16(19)11-12-21(30)28-29-25(32)22-23(35-22)26(33)34/h2-10,13-15,22-23H,11-12H2,1H3,(H,27,31)(H,28,30)(H,29,32)(H,33,34)/t15-,22-,23-/m1/s1. The molecule has 3 atom stereocenters. The number of carbonyl (C=O) groups is 4. The van der Waals surface area contributed by atoms with Crippen LogP contribution in [0.5, 0.6) is 0 Å². The Morgan fingerprint density at radius 2 is 1.81 bits per heavy atom. The molecule has 3 amide bonds. The van der Waals surface area contributed by atoms with Crippen molar-refractivity contribution < 1.29 is 29.0 Å². The normalized spacial score (nSPS) is 17.0. The molecule has 0 radical (unpaired) electrons. The Kier molecular flexibility index (Phi) is 7.77. The summed E-state index contributed by atoms with van der Waals surface area (Å²) in [5.41, 5.74) is 7.62. The van der Waals surface area contributed by atoms with Crippen LogP contribution < -0.4 is 16.2 Å². The average molecular weight is 508 g/mol. The van der Waals surface area contributed by atoms with Crippen LogP contribution in [0.1, 0.15) is 40.9 Å². The monoisotopic (exact) mass is 507 g/mol. The summed E-state index contributed by atoms with van der Waals surface area (Å²) < 4.78 is 4.73. The molecule has 0 aliphatic carbocycles. The highest BCUT2D eigenvalue weighted by atomic mass is 32.1. The van der Waals surface area contributed by atoms with Crippen molar-refractivity contribution in [2.75, 3.05) is 0 Å². The van der Waals surface area contributed by atoms with Gasteiger partial charge in [0.25, 0.3) is 11.8 Å². The molecule has 4 rings (SSSR count). The fourth-order valence-corrected chi connectivity index (χ4v) is 4.46. The number of amides is 3. The molecule has 9 nitrogen and oxygen atoms in total. The second-order valence-electron chi connectivity index (χ2n) is 8.31. The fourth-order valence-electron chi connectivity index (χ4n) is 3.73. The molecule has 0 bridgehead atoms. The van der Waals surface area contributed by atoms with E-state index in [0.29, 0.717) is 11.1 Å². The number of carbonyl (C=O) groups excluding carboxylic acids is 3. The number of carboxylic acid groups (broad SMARTS) is 1. The molecule has 2 heterocycles. The van der Waals surface area contributed by atoms with Gasteiger partial charge in [-0.25, -0.2) is 4.79 Å². The average Bonchev–Trinajstić information content (AvgIpc) is 3.51. The van der Waals surface area contributed by atoms with Gasteiger partial charge in [-0.05, 0) is 53.6 Å². The van der Waals surface area contributed by atoms with Crippen LogP contribution in [0.3, 0.4) is 0 Å². The molecular weight excluding hydrogens is 482 g/mol. The number of aryl methyl sites for hydroxylation is 1. The van der Waals surface area contributed by atoms with Crippen LogP contribution in [0.15, 0.2) is 66.0 Å². The van der Waals surface area contributed by atoms with Crippen molar-refractivity contribution in [1.82, 2.24) is 16.2 Å². The van der Waals surface area contributed by atoms with E-state index in [1.54, 1.807) is 35.6 Å². The smallest absolute Gasteiger partial charge is 0.336 e. The summed E-state index contributed by atoms with van der Waals surface area (Å²) in [5.74, 6) is -2.70. The van der Waals surface area contributed by atoms with E-state index in [-0.39, 0.29) is 24.8 Å². The zero-order valence-electron chi connectivity index (χ0n) is 19.4. The number of carboxylic acids is 1. The molecule has 1 aromatic heterocycles. The van der Waals surface area contributed by atoms with Gasteiger partial charge in [0.2, 0.25) is 5.91 Å². The molecular formula is C26H25N3O6S. The molecule has 186 valence electrons. The molecule has 3 aromatic rings. The van der Waals surface area contributed by atoms with Crippen molar-refractivity contribution in [3.8, 4) is 10.4 Å². The van der Waals surface area contributed by atoms with Gasteiger partial charge in [-0.15, -0.1) is 11.3 Å². The number of epoxide rings is 1. The Hall–Kier alpha value is -4.02. The number of hydrogen-bond acceptors (Lipinski definition) is 6. The number of rotatable bonds is 9. The summed E-state index contributed by atoms with van der Waals surface area (Å²) >= 11 is 1.65. The van der Waals surface area contributed by atoms with E-state index in [1.165, 1.54) is 0 Å². The number of hydrogen-bond donors (Lipinski definition) is 4. The van der Waals surface area contributed by atoms with Gasteiger partial charge >= 0.3 is 5.97 Å². The molecule has 0 spiro atoms. The summed E-state index contributed by atoms with van der Waals surface area (Å²) in [7, 11) is 0. The summed E-state index contributed by atoms with van der Waals surface area (Å²) in [4.78, 5) is 48.9. The second kappa shape index (κ2) is 11.1. The minimum absolute atomic E-state index is 0.0108. The molecule has 1 saturated heterocycles. The highest BCUT2D eigenvalue weighted by molar-refractivity contribution is 7.13. The molecule has 10 heteroatoms. The van der Waals surface area contributed by atoms with Crippen molar-refractivity contribution in [3.63, 3.8) is 0 Å². The molecule has 4 N–H and O–H groups in total. The molecule has 0 saturated carbocycles. The van der Waals surface area contributed by atoms with E-state index in [1.807, 2.05) is 36.6 Å². The fraction of sp³-hybridized carbons (Fsp3) is 0.231. The third-order valence-corrected chi connectivity index (χ3v) is 6.66. The van der Waals surface area contributed by atoms with E-state index in [0.717, 1.165) is 16.0 Å². The van der Waals surface area contributed by atoms with Gasteiger partial charge in [0.1, 0.15) is 0 Å². The van der Waals surface area contributed by atoms with Crippen molar-refractivity contribution in [1.29, 1.82) is 0 Å². The number of nitrogens with one attached hydrogen (secondary N) is 3. The lowest BCUT2D eigenvalue weighted by molar-refractivity contribution is -0.138. The predicted octanol–water partition coefficient (Wildman–Crippen LogP) is 2.84. The molecule has 1 aliphatic heterocycles.